The molecule has 5 nitrogen and oxygen atoms in total. The molecule has 0 radical (unpaired) electrons. The van der Waals surface area contributed by atoms with E-state index in [-0.39, 0.29) is 11.3 Å². The van der Waals surface area contributed by atoms with Gasteiger partial charge in [-0.15, -0.1) is 0 Å². The highest BCUT2D eigenvalue weighted by Gasteiger charge is 2.11. The number of carbonyl (C=O) groups excluding carboxylic acids is 1. The third kappa shape index (κ3) is 5.88. The molecule has 0 aromatic heterocycles. The monoisotopic (exact) mass is 301 g/mol. The second-order valence-corrected chi connectivity index (χ2v) is 5.05. The third-order valence-electron chi connectivity index (χ3n) is 3.09. The predicted octanol–water partition coefficient (Wildman–Crippen LogP) is 3.25. The van der Waals surface area contributed by atoms with Crippen LogP contribution in [0.3, 0.4) is 0 Å². The molecule has 1 amide bonds. The molecule has 2 N–H and O–H groups in total. The molecule has 118 valence electrons. The maximum atomic E-state index is 12.2. The smallest absolute Gasteiger partial charge is 0.267 e. The first-order valence-electron chi connectivity index (χ1n) is 7.57. The highest BCUT2D eigenvalue weighted by Crippen LogP contribution is 2.16. The fraction of sp³-hybridized carbons (Fsp3) is 0.412. The average Bonchev–Trinajstić information content (AvgIpc) is 2.49. The molecule has 1 aromatic carbocycles. The number of nitrogens with one attached hydrogen (secondary N) is 1. The molecule has 1 rings (SSSR count). The van der Waals surface area contributed by atoms with Crippen molar-refractivity contribution in [1.82, 2.24) is 4.90 Å². The van der Waals surface area contributed by atoms with E-state index in [1.54, 1.807) is 18.3 Å². The zero-order valence-electron chi connectivity index (χ0n) is 13.2. The summed E-state index contributed by atoms with van der Waals surface area (Å²) in [5.41, 5.74) is 0.523. The second kappa shape index (κ2) is 9.46. The molecule has 0 aliphatic heterocycles. The molecule has 0 fully saturated rings. The highest BCUT2D eigenvalue weighted by molar-refractivity contribution is 6.06. The molecule has 0 saturated heterocycles. The van der Waals surface area contributed by atoms with Crippen LogP contribution in [0.15, 0.2) is 36.0 Å². The number of hydrogen-bond donors (Lipinski definition) is 2. The Kier molecular flexibility index (Phi) is 7.55. The van der Waals surface area contributed by atoms with Crippen LogP contribution in [0.5, 0.6) is 5.75 Å². The van der Waals surface area contributed by atoms with E-state index >= 15 is 0 Å². The van der Waals surface area contributed by atoms with Crippen molar-refractivity contribution in [3.8, 4) is 11.8 Å². The molecule has 0 saturated carbocycles. The number of benzene rings is 1. The third-order valence-corrected chi connectivity index (χ3v) is 3.09. The van der Waals surface area contributed by atoms with Crippen molar-refractivity contribution in [1.29, 1.82) is 5.26 Å². The number of phenols is 1. The molecule has 0 unspecified atom stereocenters. The summed E-state index contributed by atoms with van der Waals surface area (Å²) in [5, 5.41) is 21.2. The number of unbranched alkanes of at least 4 members (excludes halogenated alkanes) is 1. The van der Waals surface area contributed by atoms with Gasteiger partial charge in [-0.25, -0.2) is 0 Å². The lowest BCUT2D eigenvalue weighted by molar-refractivity contribution is -0.112. The SMILES string of the molecule is CCCCN(/C=C(/C#N)C(=O)Nc1cccc(O)c1)CCC. The number of rotatable bonds is 8. The van der Waals surface area contributed by atoms with E-state index in [0.717, 1.165) is 32.4 Å². The molecule has 1 aromatic rings. The van der Waals surface area contributed by atoms with Gasteiger partial charge in [-0.2, -0.15) is 5.26 Å². The zero-order chi connectivity index (χ0) is 16.4. The van der Waals surface area contributed by atoms with E-state index in [1.807, 2.05) is 11.0 Å². The van der Waals surface area contributed by atoms with E-state index in [9.17, 15) is 15.2 Å². The Morgan fingerprint density at radius 2 is 2.14 bits per heavy atom. The van der Waals surface area contributed by atoms with Gasteiger partial charge in [0.15, 0.2) is 0 Å². The number of anilines is 1. The largest absolute Gasteiger partial charge is 0.508 e. The minimum atomic E-state index is -0.467. The first-order chi connectivity index (χ1) is 10.6. The summed E-state index contributed by atoms with van der Waals surface area (Å²) in [4.78, 5) is 14.2. The first kappa shape index (κ1) is 17.6. The van der Waals surface area contributed by atoms with E-state index in [0.29, 0.717) is 5.69 Å². The van der Waals surface area contributed by atoms with Crippen LogP contribution in [0.2, 0.25) is 0 Å². The van der Waals surface area contributed by atoms with Crippen LogP contribution in [0.4, 0.5) is 5.69 Å². The van der Waals surface area contributed by atoms with Crippen LogP contribution in [0, 0.1) is 11.3 Å². The van der Waals surface area contributed by atoms with Crippen molar-refractivity contribution in [3.63, 3.8) is 0 Å². The highest BCUT2D eigenvalue weighted by atomic mass is 16.3. The maximum absolute atomic E-state index is 12.2. The molecule has 5 heteroatoms. The van der Waals surface area contributed by atoms with Crippen molar-refractivity contribution in [3.05, 3.63) is 36.0 Å². The number of nitriles is 1. The number of aromatic hydroxyl groups is 1. The summed E-state index contributed by atoms with van der Waals surface area (Å²) >= 11 is 0. The standard InChI is InChI=1S/C17H23N3O2/c1-3-5-10-20(9-4-2)13-14(12-18)17(22)19-15-7-6-8-16(21)11-15/h6-8,11,13,21H,3-5,9-10H2,1-2H3,(H,19,22)/b14-13-. The van der Waals surface area contributed by atoms with Crippen molar-refractivity contribution in [2.75, 3.05) is 18.4 Å². The van der Waals surface area contributed by atoms with Gasteiger partial charge in [0.05, 0.1) is 0 Å². The Balaban J connectivity index is 2.81. The molecule has 0 heterocycles. The summed E-state index contributed by atoms with van der Waals surface area (Å²) < 4.78 is 0. The summed E-state index contributed by atoms with van der Waals surface area (Å²) in [6.07, 6.45) is 4.65. The Morgan fingerprint density at radius 3 is 2.73 bits per heavy atom. The van der Waals surface area contributed by atoms with Gasteiger partial charge in [-0.1, -0.05) is 26.3 Å². The van der Waals surface area contributed by atoms with Gasteiger partial charge in [0, 0.05) is 31.0 Å². The lowest BCUT2D eigenvalue weighted by Gasteiger charge is -2.19. The van der Waals surface area contributed by atoms with Gasteiger partial charge in [-0.05, 0) is 25.0 Å². The van der Waals surface area contributed by atoms with Crippen LogP contribution in [0.1, 0.15) is 33.1 Å². The number of hydrogen-bond acceptors (Lipinski definition) is 4. The molecule has 0 aliphatic carbocycles. The first-order valence-corrected chi connectivity index (χ1v) is 7.57. The lowest BCUT2D eigenvalue weighted by atomic mass is 10.2. The van der Waals surface area contributed by atoms with E-state index < -0.39 is 5.91 Å². The average molecular weight is 301 g/mol. The van der Waals surface area contributed by atoms with Crippen molar-refractivity contribution in [2.24, 2.45) is 0 Å². The van der Waals surface area contributed by atoms with E-state index in [2.05, 4.69) is 19.2 Å². The molecular formula is C17H23N3O2. The van der Waals surface area contributed by atoms with Gasteiger partial charge in [-0.3, -0.25) is 4.79 Å². The fourth-order valence-corrected chi connectivity index (χ4v) is 1.99. The maximum Gasteiger partial charge on any atom is 0.267 e. The van der Waals surface area contributed by atoms with Crippen LogP contribution in [-0.4, -0.2) is 29.0 Å². The van der Waals surface area contributed by atoms with Crippen molar-refractivity contribution >= 4 is 11.6 Å². The Morgan fingerprint density at radius 1 is 1.36 bits per heavy atom. The molecule has 0 aliphatic rings. The van der Waals surface area contributed by atoms with E-state index in [4.69, 9.17) is 0 Å². The van der Waals surface area contributed by atoms with Gasteiger partial charge < -0.3 is 15.3 Å². The van der Waals surface area contributed by atoms with Crippen LogP contribution in [-0.2, 0) is 4.79 Å². The quantitative estimate of drug-likeness (QED) is 0.571. The Hall–Kier alpha value is -2.48. The van der Waals surface area contributed by atoms with Crippen LogP contribution < -0.4 is 5.32 Å². The molecule has 0 atom stereocenters. The number of phenolic OH excluding ortho intramolecular Hbond substituents is 1. The molecule has 0 bridgehead atoms. The van der Waals surface area contributed by atoms with Crippen LogP contribution in [0.25, 0.3) is 0 Å². The second-order valence-electron chi connectivity index (χ2n) is 5.05. The number of amides is 1. The van der Waals surface area contributed by atoms with E-state index in [1.165, 1.54) is 12.1 Å². The van der Waals surface area contributed by atoms with Crippen molar-refractivity contribution < 1.29 is 9.90 Å². The Bertz CT molecular complexity index is 561. The summed E-state index contributed by atoms with van der Waals surface area (Å²) in [5.74, 6) is -0.401. The summed E-state index contributed by atoms with van der Waals surface area (Å²) in [6, 6.07) is 8.19. The van der Waals surface area contributed by atoms with Gasteiger partial charge in [0.1, 0.15) is 17.4 Å². The minimum Gasteiger partial charge on any atom is -0.508 e. The summed E-state index contributed by atoms with van der Waals surface area (Å²) in [6.45, 7) is 5.80. The van der Waals surface area contributed by atoms with Gasteiger partial charge in [0.2, 0.25) is 0 Å². The summed E-state index contributed by atoms with van der Waals surface area (Å²) in [7, 11) is 0. The fourth-order valence-electron chi connectivity index (χ4n) is 1.99. The minimum absolute atomic E-state index is 0.0629. The number of carbonyl (C=O) groups is 1. The van der Waals surface area contributed by atoms with Gasteiger partial charge in [0.25, 0.3) is 5.91 Å². The molecular weight excluding hydrogens is 278 g/mol. The predicted molar refractivity (Wildman–Crippen MR) is 87.2 cm³/mol. The normalized spacial score (nSPS) is 10.9. The molecule has 0 spiro atoms. The lowest BCUT2D eigenvalue weighted by Crippen LogP contribution is -2.23. The Labute approximate surface area is 131 Å². The van der Waals surface area contributed by atoms with Crippen molar-refractivity contribution in [2.45, 2.75) is 33.1 Å². The molecule has 22 heavy (non-hydrogen) atoms. The number of nitrogens with zero attached hydrogens (tertiary/aromatic N) is 2. The topological polar surface area (TPSA) is 76.4 Å². The van der Waals surface area contributed by atoms with Crippen LogP contribution >= 0.6 is 0 Å². The van der Waals surface area contributed by atoms with Gasteiger partial charge >= 0.3 is 0 Å². The zero-order valence-corrected chi connectivity index (χ0v) is 13.2.